The van der Waals surface area contributed by atoms with Crippen molar-refractivity contribution in [2.75, 3.05) is 13.7 Å². The van der Waals surface area contributed by atoms with Crippen molar-refractivity contribution in [3.8, 4) is 5.75 Å². The predicted molar refractivity (Wildman–Crippen MR) is 135 cm³/mol. The minimum absolute atomic E-state index is 0.0603. The molecule has 7 nitrogen and oxygen atoms in total. The van der Waals surface area contributed by atoms with E-state index in [2.05, 4.69) is 0 Å². The summed E-state index contributed by atoms with van der Waals surface area (Å²) in [5.41, 5.74) is 0.140. The number of allylic oxidation sites excluding steroid dienone is 1. The Hall–Kier alpha value is -4.43. The third-order valence-electron chi connectivity index (χ3n) is 5.86. The second-order valence-corrected chi connectivity index (χ2v) is 10.0. The number of nitrogens with zero attached hydrogens (tertiary/aromatic N) is 1. The zero-order valence-electron chi connectivity index (χ0n) is 19.2. The topological polar surface area (TPSA) is 90.0 Å². The van der Waals surface area contributed by atoms with E-state index in [0.29, 0.717) is 5.75 Å². The lowest BCUT2D eigenvalue weighted by molar-refractivity contribution is -0.139. The summed E-state index contributed by atoms with van der Waals surface area (Å²) in [6.45, 7) is -0.442. The minimum Gasteiger partial charge on any atom is -0.481 e. The summed E-state index contributed by atoms with van der Waals surface area (Å²) in [6.07, 6.45) is 0. The SMILES string of the molecule is CN1C(C(=O)c2ccccc2)=C(OC(=O)COc2cccc3ccccc23)c2ccccc2S1(=O)=O. The molecule has 0 radical (unpaired) electrons. The molecule has 0 atom stereocenters. The fourth-order valence-corrected chi connectivity index (χ4v) is 5.49. The van der Waals surface area contributed by atoms with Crippen molar-refractivity contribution in [3.63, 3.8) is 0 Å². The van der Waals surface area contributed by atoms with Crippen LogP contribution in [0.25, 0.3) is 16.5 Å². The van der Waals surface area contributed by atoms with Crippen molar-refractivity contribution < 1.29 is 27.5 Å². The number of ether oxygens (including phenoxy) is 2. The number of hydrogen-bond donors (Lipinski definition) is 0. The zero-order chi connectivity index (χ0) is 25.3. The van der Waals surface area contributed by atoms with Gasteiger partial charge in [-0.1, -0.05) is 78.9 Å². The number of carbonyl (C=O) groups excluding carboxylic acids is 2. The first-order chi connectivity index (χ1) is 17.4. The van der Waals surface area contributed by atoms with Crippen LogP contribution in [0.3, 0.4) is 0 Å². The van der Waals surface area contributed by atoms with Crippen molar-refractivity contribution in [1.82, 2.24) is 4.31 Å². The molecule has 0 saturated heterocycles. The standard InChI is InChI=1S/C28H21NO6S/c1-29-26(27(31)20-11-3-2-4-12-20)28(22-15-7-8-17-24(22)36(29,32)33)35-25(30)18-34-23-16-9-13-19-10-5-6-14-21(19)23/h2-17H,18H2,1H3. The maximum absolute atomic E-state index is 13.4. The highest BCUT2D eigenvalue weighted by atomic mass is 32.2. The van der Waals surface area contributed by atoms with E-state index in [-0.39, 0.29) is 27.5 Å². The van der Waals surface area contributed by atoms with Gasteiger partial charge in [-0.15, -0.1) is 0 Å². The van der Waals surface area contributed by atoms with Crippen LogP contribution in [0.1, 0.15) is 15.9 Å². The molecule has 0 N–H and O–H groups in total. The summed E-state index contributed by atoms with van der Waals surface area (Å²) in [5.74, 6) is -1.00. The van der Waals surface area contributed by atoms with Crippen LogP contribution in [0, 0.1) is 0 Å². The Labute approximate surface area is 208 Å². The van der Waals surface area contributed by atoms with Crippen LogP contribution >= 0.6 is 0 Å². The van der Waals surface area contributed by atoms with Gasteiger partial charge in [-0.3, -0.25) is 9.10 Å². The molecule has 0 spiro atoms. The Bertz CT molecular complexity index is 1620. The number of rotatable bonds is 6. The van der Waals surface area contributed by atoms with Crippen LogP contribution in [0.2, 0.25) is 0 Å². The average molecular weight is 500 g/mol. The average Bonchev–Trinajstić information content (AvgIpc) is 2.91. The van der Waals surface area contributed by atoms with Gasteiger partial charge in [0.2, 0.25) is 5.78 Å². The van der Waals surface area contributed by atoms with Gasteiger partial charge in [-0.25, -0.2) is 13.2 Å². The molecule has 180 valence electrons. The first kappa shape index (κ1) is 23.3. The normalized spacial score (nSPS) is 14.3. The van der Waals surface area contributed by atoms with Crippen molar-refractivity contribution in [1.29, 1.82) is 0 Å². The molecule has 8 heteroatoms. The van der Waals surface area contributed by atoms with Gasteiger partial charge in [0.15, 0.2) is 12.4 Å². The molecular formula is C28H21NO6S. The molecule has 4 aromatic rings. The molecule has 0 aliphatic carbocycles. The highest BCUT2D eigenvalue weighted by Gasteiger charge is 2.39. The van der Waals surface area contributed by atoms with Gasteiger partial charge in [0.05, 0.1) is 4.90 Å². The monoisotopic (exact) mass is 499 g/mol. The van der Waals surface area contributed by atoms with E-state index in [1.165, 1.54) is 19.2 Å². The van der Waals surface area contributed by atoms with E-state index in [1.54, 1.807) is 48.5 Å². The summed E-state index contributed by atoms with van der Waals surface area (Å²) in [5, 5.41) is 1.79. The molecule has 0 fully saturated rings. The summed E-state index contributed by atoms with van der Waals surface area (Å²) in [7, 11) is -2.77. The third kappa shape index (κ3) is 4.12. The fourth-order valence-electron chi connectivity index (χ4n) is 4.09. The fraction of sp³-hybridized carbons (Fsp3) is 0.0714. The molecular weight excluding hydrogens is 478 g/mol. The van der Waals surface area contributed by atoms with Crippen molar-refractivity contribution in [2.45, 2.75) is 4.90 Å². The molecule has 4 aromatic carbocycles. The zero-order valence-corrected chi connectivity index (χ0v) is 20.1. The van der Waals surface area contributed by atoms with Crippen LogP contribution in [0.4, 0.5) is 0 Å². The maximum atomic E-state index is 13.4. The quantitative estimate of drug-likeness (QED) is 0.283. The first-order valence-electron chi connectivity index (χ1n) is 11.1. The molecule has 0 unspecified atom stereocenters. The predicted octanol–water partition coefficient (Wildman–Crippen LogP) is 4.65. The lowest BCUT2D eigenvalue weighted by Crippen LogP contribution is -2.36. The van der Waals surface area contributed by atoms with E-state index < -0.39 is 28.4 Å². The van der Waals surface area contributed by atoms with Crippen LogP contribution in [-0.4, -0.2) is 38.1 Å². The Balaban J connectivity index is 1.52. The number of benzene rings is 4. The van der Waals surface area contributed by atoms with Crippen molar-refractivity contribution in [3.05, 3.63) is 114 Å². The number of sulfonamides is 1. The smallest absolute Gasteiger partial charge is 0.349 e. The second kappa shape index (κ2) is 9.31. The number of likely N-dealkylation sites (N-methyl/N-ethyl adjacent to an activating group) is 1. The number of fused-ring (bicyclic) bond motifs is 2. The largest absolute Gasteiger partial charge is 0.481 e. The molecule has 5 rings (SSSR count). The summed E-state index contributed by atoms with van der Waals surface area (Å²) >= 11 is 0. The summed E-state index contributed by atoms with van der Waals surface area (Å²) in [4.78, 5) is 26.3. The van der Waals surface area contributed by atoms with Crippen LogP contribution in [0.5, 0.6) is 5.75 Å². The number of hydrogen-bond acceptors (Lipinski definition) is 6. The molecule has 1 aliphatic rings. The second-order valence-electron chi connectivity index (χ2n) is 8.08. The van der Waals surface area contributed by atoms with Gasteiger partial charge in [-0.05, 0) is 23.6 Å². The maximum Gasteiger partial charge on any atom is 0.349 e. The van der Waals surface area contributed by atoms with Gasteiger partial charge in [-0.2, -0.15) is 0 Å². The molecule has 36 heavy (non-hydrogen) atoms. The molecule has 1 aliphatic heterocycles. The van der Waals surface area contributed by atoms with Gasteiger partial charge < -0.3 is 9.47 Å². The molecule has 1 heterocycles. The summed E-state index contributed by atoms with van der Waals surface area (Å²) < 4.78 is 38.6. The molecule has 0 saturated carbocycles. The van der Waals surface area contributed by atoms with E-state index in [0.717, 1.165) is 15.1 Å². The Kier molecular flexibility index (Phi) is 6.03. The number of Topliss-reactive ketones (excluding diaryl/α,β-unsaturated/α-hetero) is 1. The van der Waals surface area contributed by atoms with Crippen molar-refractivity contribution >= 4 is 38.3 Å². The van der Waals surface area contributed by atoms with Gasteiger partial charge in [0.1, 0.15) is 11.4 Å². The Morgan fingerprint density at radius 2 is 1.47 bits per heavy atom. The minimum atomic E-state index is -4.04. The summed E-state index contributed by atoms with van der Waals surface area (Å²) in [6, 6.07) is 27.4. The lowest BCUT2D eigenvalue weighted by Gasteiger charge is -2.30. The number of esters is 1. The highest BCUT2D eigenvalue weighted by molar-refractivity contribution is 7.89. The van der Waals surface area contributed by atoms with Crippen molar-refractivity contribution in [2.24, 2.45) is 0 Å². The van der Waals surface area contributed by atoms with Gasteiger partial charge in [0.25, 0.3) is 10.0 Å². The van der Waals surface area contributed by atoms with E-state index in [1.807, 2.05) is 36.4 Å². The van der Waals surface area contributed by atoms with E-state index in [4.69, 9.17) is 9.47 Å². The molecule has 0 aromatic heterocycles. The third-order valence-corrected chi connectivity index (χ3v) is 7.68. The van der Waals surface area contributed by atoms with Crippen LogP contribution < -0.4 is 4.74 Å². The Morgan fingerprint density at radius 1 is 0.806 bits per heavy atom. The Morgan fingerprint density at radius 3 is 2.28 bits per heavy atom. The first-order valence-corrected chi connectivity index (χ1v) is 12.6. The lowest BCUT2D eigenvalue weighted by atomic mass is 10.0. The highest BCUT2D eigenvalue weighted by Crippen LogP contribution is 2.38. The number of carbonyl (C=O) groups is 2. The van der Waals surface area contributed by atoms with E-state index in [9.17, 15) is 18.0 Å². The van der Waals surface area contributed by atoms with E-state index >= 15 is 0 Å². The number of ketones is 1. The molecule has 0 amide bonds. The van der Waals surface area contributed by atoms with Gasteiger partial charge >= 0.3 is 5.97 Å². The van der Waals surface area contributed by atoms with Crippen LogP contribution in [-0.2, 0) is 19.6 Å². The van der Waals surface area contributed by atoms with Gasteiger partial charge in [0, 0.05) is 23.6 Å². The van der Waals surface area contributed by atoms with Crippen LogP contribution in [0.15, 0.2) is 108 Å². The molecule has 0 bridgehead atoms.